The summed E-state index contributed by atoms with van der Waals surface area (Å²) in [7, 11) is -9.93. The van der Waals surface area contributed by atoms with Gasteiger partial charge in [0.1, 0.15) is 19.3 Å². The molecule has 0 bridgehead atoms. The van der Waals surface area contributed by atoms with E-state index in [-0.39, 0.29) is 25.7 Å². The average Bonchev–Trinajstić information content (AvgIpc) is 0.894. The van der Waals surface area contributed by atoms with Crippen LogP contribution < -0.4 is 0 Å². The molecule has 17 nitrogen and oxygen atoms in total. The van der Waals surface area contributed by atoms with Gasteiger partial charge in [0.15, 0.2) is 12.2 Å². The van der Waals surface area contributed by atoms with Crippen LogP contribution in [0.25, 0.3) is 0 Å². The molecule has 2 unspecified atom stereocenters. The van der Waals surface area contributed by atoms with Crippen LogP contribution in [0, 0.1) is 11.8 Å². The van der Waals surface area contributed by atoms with Gasteiger partial charge in [0.2, 0.25) is 0 Å². The van der Waals surface area contributed by atoms with E-state index in [0.29, 0.717) is 25.7 Å². The van der Waals surface area contributed by atoms with Crippen LogP contribution in [0.4, 0.5) is 0 Å². The lowest BCUT2D eigenvalue weighted by molar-refractivity contribution is -0.161. The first-order valence-corrected chi connectivity index (χ1v) is 48.0. The van der Waals surface area contributed by atoms with Crippen molar-refractivity contribution in [3.05, 3.63) is 0 Å². The number of carbonyl (C=O) groups excluding carboxylic acids is 4. The molecular formula is C87H170O17P2. The number of aliphatic hydroxyl groups is 1. The number of carbonyl (C=O) groups is 4. The minimum Gasteiger partial charge on any atom is -0.462 e. The fourth-order valence-electron chi connectivity index (χ4n) is 13.6. The second kappa shape index (κ2) is 78.3. The highest BCUT2D eigenvalue weighted by molar-refractivity contribution is 7.47. The summed E-state index contributed by atoms with van der Waals surface area (Å²) < 4.78 is 68.9. The number of ether oxygens (including phenoxy) is 4. The lowest BCUT2D eigenvalue weighted by Crippen LogP contribution is -2.30. The first-order valence-electron chi connectivity index (χ1n) is 45.0. The zero-order valence-corrected chi connectivity index (χ0v) is 71.5. The minimum absolute atomic E-state index is 0.108. The standard InChI is InChI=1S/C87H170O17P2/c1-7-9-11-13-15-17-19-20-21-22-23-24-25-26-29-35-41-47-53-59-65-71-86(91)104-83(76-98-85(90)70-64-58-52-46-40-34-30-27-28-32-38-43-49-55-61-67-79(3)4)78-102-106(95,96)100-74-81(88)73-99-105(93,94)101-77-82(75-97-84(89)69-63-57-51-45-37-18-16-14-12-10-8-2)103-87(92)72-66-60-54-48-42-36-31-33-39-44-50-56-62-68-80(5)6/h79-83,88H,7-78H2,1-6H3,(H,93,94)(H,95,96)/t81-,82+,83+/m0/s1. The highest BCUT2D eigenvalue weighted by atomic mass is 31.2. The summed E-state index contributed by atoms with van der Waals surface area (Å²) in [5.74, 6) is -0.507. The molecule has 0 aromatic rings. The molecule has 0 saturated carbocycles. The van der Waals surface area contributed by atoms with Gasteiger partial charge in [-0.1, -0.05) is 414 Å². The molecule has 0 heterocycles. The Hall–Kier alpha value is -1.94. The smallest absolute Gasteiger partial charge is 0.462 e. The van der Waals surface area contributed by atoms with Crippen molar-refractivity contribution in [1.29, 1.82) is 0 Å². The second-order valence-electron chi connectivity index (χ2n) is 32.2. The fourth-order valence-corrected chi connectivity index (χ4v) is 15.2. The van der Waals surface area contributed by atoms with Crippen molar-refractivity contribution in [2.75, 3.05) is 39.6 Å². The highest BCUT2D eigenvalue weighted by Crippen LogP contribution is 2.45. The highest BCUT2D eigenvalue weighted by Gasteiger charge is 2.30. The van der Waals surface area contributed by atoms with Crippen LogP contribution in [0.2, 0.25) is 0 Å². The van der Waals surface area contributed by atoms with Gasteiger partial charge in [-0.15, -0.1) is 0 Å². The summed E-state index contributed by atoms with van der Waals surface area (Å²) in [4.78, 5) is 73.3. The quantitative estimate of drug-likeness (QED) is 0.0222. The lowest BCUT2D eigenvalue weighted by Gasteiger charge is -2.21. The van der Waals surface area contributed by atoms with Gasteiger partial charge in [0.25, 0.3) is 0 Å². The van der Waals surface area contributed by atoms with Gasteiger partial charge in [-0.05, 0) is 37.5 Å². The maximum Gasteiger partial charge on any atom is 0.472 e. The topological polar surface area (TPSA) is 237 Å². The number of phosphoric acid groups is 2. The molecule has 0 fully saturated rings. The Morgan fingerprint density at radius 3 is 0.642 bits per heavy atom. The average molecular weight is 1550 g/mol. The van der Waals surface area contributed by atoms with Crippen molar-refractivity contribution in [1.82, 2.24) is 0 Å². The first-order chi connectivity index (χ1) is 51.4. The van der Waals surface area contributed by atoms with Crippen LogP contribution in [-0.2, 0) is 65.4 Å². The first kappa shape index (κ1) is 104. The van der Waals surface area contributed by atoms with Crippen molar-refractivity contribution < 1.29 is 80.2 Å². The zero-order valence-electron chi connectivity index (χ0n) is 69.7. The summed E-state index contributed by atoms with van der Waals surface area (Å²) >= 11 is 0. The Morgan fingerprint density at radius 2 is 0.434 bits per heavy atom. The van der Waals surface area contributed by atoms with E-state index in [1.165, 1.54) is 283 Å². The third-order valence-corrected chi connectivity index (χ3v) is 22.4. The van der Waals surface area contributed by atoms with Crippen LogP contribution in [0.5, 0.6) is 0 Å². The number of esters is 4. The predicted molar refractivity (Wildman–Crippen MR) is 437 cm³/mol. The predicted octanol–water partition coefficient (Wildman–Crippen LogP) is 26.6. The number of unbranched alkanes of at least 4 members (excludes halogenated alkanes) is 56. The maximum atomic E-state index is 13.2. The molecule has 0 saturated heterocycles. The Bertz CT molecular complexity index is 2030. The van der Waals surface area contributed by atoms with Gasteiger partial charge in [0, 0.05) is 25.7 Å². The van der Waals surface area contributed by atoms with E-state index in [2.05, 4.69) is 41.5 Å². The molecule has 19 heteroatoms. The molecule has 0 aliphatic rings. The monoisotopic (exact) mass is 1550 g/mol. The van der Waals surface area contributed by atoms with Crippen molar-refractivity contribution in [2.24, 2.45) is 11.8 Å². The summed E-state index contributed by atoms with van der Waals surface area (Å²) in [6, 6.07) is 0. The molecule has 0 aliphatic carbocycles. The molecule has 0 aliphatic heterocycles. The van der Waals surface area contributed by atoms with Gasteiger partial charge in [-0.2, -0.15) is 0 Å². The summed E-state index contributed by atoms with van der Waals surface area (Å²) in [6.45, 7) is 9.72. The van der Waals surface area contributed by atoms with E-state index >= 15 is 0 Å². The molecule has 3 N–H and O–H groups in total. The third-order valence-electron chi connectivity index (χ3n) is 20.5. The molecule has 0 aromatic heterocycles. The van der Waals surface area contributed by atoms with Crippen LogP contribution in [-0.4, -0.2) is 96.7 Å². The lowest BCUT2D eigenvalue weighted by atomic mass is 10.0. The van der Waals surface area contributed by atoms with Gasteiger partial charge in [-0.25, -0.2) is 9.13 Å². The van der Waals surface area contributed by atoms with Gasteiger partial charge in [0.05, 0.1) is 26.4 Å². The van der Waals surface area contributed by atoms with E-state index in [1.807, 2.05) is 0 Å². The molecule has 0 aromatic carbocycles. The van der Waals surface area contributed by atoms with E-state index in [9.17, 15) is 43.2 Å². The number of rotatable bonds is 86. The Kier molecular flexibility index (Phi) is 76.9. The summed E-state index contributed by atoms with van der Waals surface area (Å²) in [6.07, 6.45) is 70.8. The Balaban J connectivity index is 5.24. The van der Waals surface area contributed by atoms with Crippen molar-refractivity contribution in [3.63, 3.8) is 0 Å². The fraction of sp³-hybridized carbons (Fsp3) is 0.954. The number of hydrogen-bond donors (Lipinski definition) is 3. The largest absolute Gasteiger partial charge is 0.472 e. The second-order valence-corrected chi connectivity index (χ2v) is 35.1. The van der Waals surface area contributed by atoms with E-state index in [4.69, 9.17) is 37.0 Å². The number of hydrogen-bond acceptors (Lipinski definition) is 15. The molecule has 0 amide bonds. The van der Waals surface area contributed by atoms with E-state index in [1.54, 1.807) is 0 Å². The zero-order chi connectivity index (χ0) is 77.8. The number of phosphoric ester groups is 2. The molecule has 630 valence electrons. The molecule has 106 heavy (non-hydrogen) atoms. The SMILES string of the molecule is CCCCCCCCCCCCCCCCCCCCCCCC(=O)O[C@H](COC(=O)CCCCCCCCCCCCCCCCCC(C)C)COP(=O)(O)OC[C@@H](O)COP(=O)(O)OC[C@@H](COC(=O)CCCCCCCCCCCCC)OC(=O)CCCCCCCCCCCCCCCC(C)C. The van der Waals surface area contributed by atoms with Crippen LogP contribution in [0.1, 0.15) is 465 Å². The van der Waals surface area contributed by atoms with E-state index < -0.39 is 97.5 Å². The van der Waals surface area contributed by atoms with Gasteiger partial charge in [-0.3, -0.25) is 37.3 Å². The van der Waals surface area contributed by atoms with E-state index in [0.717, 1.165) is 102 Å². The van der Waals surface area contributed by atoms with Crippen molar-refractivity contribution in [2.45, 2.75) is 484 Å². The molecule has 5 atom stereocenters. The third kappa shape index (κ3) is 80.1. The van der Waals surface area contributed by atoms with Gasteiger partial charge >= 0.3 is 39.5 Å². The van der Waals surface area contributed by atoms with Crippen molar-refractivity contribution >= 4 is 39.5 Å². The van der Waals surface area contributed by atoms with Crippen LogP contribution >= 0.6 is 15.6 Å². The Labute approximate surface area is 651 Å². The molecule has 0 rings (SSSR count). The minimum atomic E-state index is -4.97. The Morgan fingerprint density at radius 1 is 0.255 bits per heavy atom. The number of aliphatic hydroxyl groups excluding tert-OH is 1. The molecule has 0 spiro atoms. The maximum absolute atomic E-state index is 13.2. The van der Waals surface area contributed by atoms with Crippen LogP contribution in [0.3, 0.4) is 0 Å². The molecule has 0 radical (unpaired) electrons. The summed E-state index contributed by atoms with van der Waals surface area (Å²) in [5, 5.41) is 10.7. The molecular weight excluding hydrogens is 1380 g/mol. The van der Waals surface area contributed by atoms with Gasteiger partial charge < -0.3 is 33.8 Å². The van der Waals surface area contributed by atoms with Crippen molar-refractivity contribution in [3.8, 4) is 0 Å². The summed E-state index contributed by atoms with van der Waals surface area (Å²) in [5.41, 5.74) is 0. The van der Waals surface area contributed by atoms with Crippen LogP contribution in [0.15, 0.2) is 0 Å². The normalized spacial score (nSPS) is 13.8.